The molecule has 1 rings (SSSR count). The molecule has 19 heavy (non-hydrogen) atoms. The zero-order chi connectivity index (χ0) is 14.4. The van der Waals surface area contributed by atoms with Gasteiger partial charge < -0.3 is 20.1 Å². The van der Waals surface area contributed by atoms with Crippen LogP contribution >= 0.6 is 0 Å². The van der Waals surface area contributed by atoms with Gasteiger partial charge in [-0.3, -0.25) is 0 Å². The van der Waals surface area contributed by atoms with Crippen molar-refractivity contribution in [3.8, 4) is 0 Å². The average molecular weight is 268 g/mol. The van der Waals surface area contributed by atoms with Crippen LogP contribution in [0.5, 0.6) is 0 Å². The lowest BCUT2D eigenvalue weighted by molar-refractivity contribution is -0.147. The van der Waals surface area contributed by atoms with Crippen molar-refractivity contribution in [3.63, 3.8) is 0 Å². The number of rotatable bonds is 7. The quantitative estimate of drug-likeness (QED) is 0.736. The van der Waals surface area contributed by atoms with Gasteiger partial charge in [-0.15, -0.1) is 0 Å². The van der Waals surface area contributed by atoms with Crippen LogP contribution in [0, 0.1) is 0 Å². The van der Waals surface area contributed by atoms with E-state index in [9.17, 15) is 9.59 Å². The number of esters is 1. The van der Waals surface area contributed by atoms with Crippen molar-refractivity contribution >= 4 is 17.6 Å². The second-order valence-electron chi connectivity index (χ2n) is 4.37. The molecule has 1 aromatic heterocycles. The first-order valence-corrected chi connectivity index (χ1v) is 6.39. The van der Waals surface area contributed by atoms with Crippen molar-refractivity contribution < 1.29 is 19.4 Å². The third-order valence-electron chi connectivity index (χ3n) is 2.67. The molecule has 0 saturated heterocycles. The van der Waals surface area contributed by atoms with Crippen molar-refractivity contribution in [3.05, 3.63) is 18.0 Å². The van der Waals surface area contributed by atoms with E-state index in [1.54, 1.807) is 10.8 Å². The maximum atomic E-state index is 12.0. The zero-order valence-electron chi connectivity index (χ0n) is 11.3. The van der Waals surface area contributed by atoms with E-state index < -0.39 is 18.0 Å². The van der Waals surface area contributed by atoms with Crippen molar-refractivity contribution in [2.45, 2.75) is 45.8 Å². The Balaban J connectivity index is 2.84. The molecule has 106 valence electrons. The first-order chi connectivity index (χ1) is 8.99. The highest BCUT2D eigenvalue weighted by Crippen LogP contribution is 2.14. The van der Waals surface area contributed by atoms with E-state index in [2.05, 4.69) is 0 Å². The van der Waals surface area contributed by atoms with Crippen LogP contribution in [0.2, 0.25) is 0 Å². The van der Waals surface area contributed by atoms with Crippen LogP contribution in [-0.4, -0.2) is 27.7 Å². The Morgan fingerprint density at radius 1 is 1.42 bits per heavy atom. The van der Waals surface area contributed by atoms with Gasteiger partial charge in [-0.05, 0) is 18.9 Å². The van der Waals surface area contributed by atoms with Crippen LogP contribution in [-0.2, 0) is 16.1 Å². The molecule has 6 nitrogen and oxygen atoms in total. The number of nitrogens with zero attached hydrogens (tertiary/aromatic N) is 1. The van der Waals surface area contributed by atoms with Crippen LogP contribution in [0.4, 0.5) is 5.69 Å². The molecule has 0 aromatic carbocycles. The molecule has 0 amide bonds. The number of carboxylic acids is 1. The summed E-state index contributed by atoms with van der Waals surface area (Å²) in [5, 5.41) is 8.97. The summed E-state index contributed by atoms with van der Waals surface area (Å²) in [5.41, 5.74) is 6.41. The van der Waals surface area contributed by atoms with Crippen molar-refractivity contribution in [1.82, 2.24) is 4.57 Å². The van der Waals surface area contributed by atoms with Gasteiger partial charge >= 0.3 is 11.9 Å². The van der Waals surface area contributed by atoms with E-state index in [1.807, 2.05) is 13.8 Å². The molecule has 0 bridgehead atoms. The van der Waals surface area contributed by atoms with Crippen LogP contribution in [0.1, 0.15) is 43.6 Å². The second-order valence-corrected chi connectivity index (χ2v) is 4.37. The highest BCUT2D eigenvalue weighted by Gasteiger charge is 2.24. The largest absolute Gasteiger partial charge is 0.479 e. The molecule has 1 heterocycles. The molecule has 0 aliphatic heterocycles. The smallest absolute Gasteiger partial charge is 0.355 e. The molecule has 1 atom stereocenters. The topological polar surface area (TPSA) is 94.5 Å². The lowest BCUT2D eigenvalue weighted by Crippen LogP contribution is -2.27. The molecule has 0 fully saturated rings. The maximum absolute atomic E-state index is 12.0. The number of nitrogens with two attached hydrogens (primary N) is 1. The minimum absolute atomic E-state index is 0.293. The summed E-state index contributed by atoms with van der Waals surface area (Å²) in [4.78, 5) is 22.9. The van der Waals surface area contributed by atoms with E-state index in [0.717, 1.165) is 6.42 Å². The number of carboxylic acid groups (broad SMARTS) is 1. The number of aryl methyl sites for hydroxylation is 1. The first kappa shape index (κ1) is 15.1. The minimum Gasteiger partial charge on any atom is -0.479 e. The predicted molar refractivity (Wildman–Crippen MR) is 70.9 cm³/mol. The molecular weight excluding hydrogens is 248 g/mol. The fraction of sp³-hybridized carbons (Fsp3) is 0.538. The van der Waals surface area contributed by atoms with Gasteiger partial charge in [0.25, 0.3) is 0 Å². The van der Waals surface area contributed by atoms with Gasteiger partial charge in [-0.25, -0.2) is 9.59 Å². The Morgan fingerprint density at radius 2 is 2.11 bits per heavy atom. The second kappa shape index (κ2) is 6.82. The summed E-state index contributed by atoms with van der Waals surface area (Å²) in [6.45, 7) is 4.44. The van der Waals surface area contributed by atoms with Gasteiger partial charge in [0.2, 0.25) is 0 Å². The van der Waals surface area contributed by atoms with Gasteiger partial charge in [0, 0.05) is 12.7 Å². The van der Waals surface area contributed by atoms with Crippen LogP contribution in [0.3, 0.4) is 0 Å². The SMILES string of the molecule is CCCC(OC(=O)c1cc(N)cn1CCC)C(=O)O. The first-order valence-electron chi connectivity index (χ1n) is 6.39. The van der Waals surface area contributed by atoms with Crippen LogP contribution in [0.15, 0.2) is 12.3 Å². The summed E-state index contributed by atoms with van der Waals surface area (Å²) in [6.07, 6.45) is 2.30. The number of nitrogen functional groups attached to an aromatic ring is 1. The number of anilines is 1. The van der Waals surface area contributed by atoms with Gasteiger partial charge in [0.05, 0.1) is 5.69 Å². The van der Waals surface area contributed by atoms with Crippen molar-refractivity contribution in [2.24, 2.45) is 0 Å². The van der Waals surface area contributed by atoms with E-state index in [0.29, 0.717) is 30.8 Å². The average Bonchev–Trinajstić information content (AvgIpc) is 2.70. The Morgan fingerprint density at radius 3 is 2.63 bits per heavy atom. The number of hydrogen-bond acceptors (Lipinski definition) is 4. The molecule has 0 radical (unpaired) electrons. The van der Waals surface area contributed by atoms with E-state index in [4.69, 9.17) is 15.6 Å². The normalized spacial score (nSPS) is 12.1. The fourth-order valence-electron chi connectivity index (χ4n) is 1.81. The summed E-state index contributed by atoms with van der Waals surface area (Å²) in [7, 11) is 0. The van der Waals surface area contributed by atoms with Gasteiger partial charge in [-0.1, -0.05) is 20.3 Å². The Labute approximate surface area is 112 Å². The zero-order valence-corrected chi connectivity index (χ0v) is 11.3. The number of aliphatic carboxylic acids is 1. The fourth-order valence-corrected chi connectivity index (χ4v) is 1.81. The van der Waals surface area contributed by atoms with E-state index >= 15 is 0 Å². The minimum atomic E-state index is -1.13. The number of carbonyl (C=O) groups excluding carboxylic acids is 1. The van der Waals surface area contributed by atoms with Gasteiger partial charge in [-0.2, -0.15) is 0 Å². The van der Waals surface area contributed by atoms with E-state index in [1.165, 1.54) is 6.07 Å². The molecule has 1 unspecified atom stereocenters. The molecule has 0 aliphatic carbocycles. The van der Waals surface area contributed by atoms with E-state index in [-0.39, 0.29) is 0 Å². The third kappa shape index (κ3) is 4.01. The number of ether oxygens (including phenoxy) is 1. The molecular formula is C13H20N2O4. The van der Waals surface area contributed by atoms with Crippen molar-refractivity contribution in [1.29, 1.82) is 0 Å². The van der Waals surface area contributed by atoms with Gasteiger partial charge in [0.1, 0.15) is 5.69 Å². The number of carbonyl (C=O) groups is 2. The molecule has 3 N–H and O–H groups in total. The highest BCUT2D eigenvalue weighted by molar-refractivity contribution is 5.91. The Hall–Kier alpha value is -1.98. The highest BCUT2D eigenvalue weighted by atomic mass is 16.6. The summed E-state index contributed by atoms with van der Waals surface area (Å²) in [6, 6.07) is 1.50. The third-order valence-corrected chi connectivity index (χ3v) is 2.67. The molecule has 6 heteroatoms. The number of aromatic nitrogens is 1. The molecule has 0 aliphatic rings. The Kier molecular flexibility index (Phi) is 5.41. The molecule has 0 saturated carbocycles. The lowest BCUT2D eigenvalue weighted by atomic mass is 10.2. The molecule has 0 spiro atoms. The van der Waals surface area contributed by atoms with Crippen LogP contribution in [0.25, 0.3) is 0 Å². The Bertz CT molecular complexity index is 453. The summed E-state index contributed by atoms with van der Waals surface area (Å²) in [5.74, 6) is -1.78. The lowest BCUT2D eigenvalue weighted by Gasteiger charge is -2.13. The standard InChI is InChI=1S/C13H20N2O4/c1-3-5-11(12(16)17)19-13(18)10-7-9(14)8-15(10)6-4-2/h7-8,11H,3-6,14H2,1-2H3,(H,16,17). The summed E-state index contributed by atoms with van der Waals surface area (Å²) >= 11 is 0. The maximum Gasteiger partial charge on any atom is 0.355 e. The monoisotopic (exact) mass is 268 g/mol. The molecule has 1 aromatic rings. The summed E-state index contributed by atoms with van der Waals surface area (Å²) < 4.78 is 6.71. The number of hydrogen-bond donors (Lipinski definition) is 2. The van der Waals surface area contributed by atoms with Gasteiger partial charge in [0.15, 0.2) is 6.10 Å². The van der Waals surface area contributed by atoms with Crippen LogP contribution < -0.4 is 5.73 Å². The predicted octanol–water partition coefficient (Wildman–Crippen LogP) is 1.89. The van der Waals surface area contributed by atoms with Crippen molar-refractivity contribution in [2.75, 3.05) is 5.73 Å².